The van der Waals surface area contributed by atoms with Gasteiger partial charge in [0, 0.05) is 42.5 Å². The fourth-order valence-corrected chi connectivity index (χ4v) is 4.96. The number of piperidine rings is 1. The highest BCUT2D eigenvalue weighted by molar-refractivity contribution is 5.88. The zero-order valence-electron chi connectivity index (χ0n) is 19.9. The molecule has 1 aliphatic rings. The van der Waals surface area contributed by atoms with Crippen molar-refractivity contribution in [3.63, 3.8) is 0 Å². The number of para-hydroxylation sites is 1. The zero-order valence-corrected chi connectivity index (χ0v) is 19.9. The molecular weight excluding hydrogens is 412 g/mol. The van der Waals surface area contributed by atoms with Crippen molar-refractivity contribution >= 4 is 22.8 Å². The van der Waals surface area contributed by atoms with E-state index in [9.17, 15) is 9.59 Å². The first-order valence-corrected chi connectivity index (χ1v) is 12.1. The number of amides is 1. The summed E-state index contributed by atoms with van der Waals surface area (Å²) in [6, 6.07) is 14.9. The van der Waals surface area contributed by atoms with Crippen LogP contribution in [0.25, 0.3) is 10.9 Å². The molecule has 1 N–H and O–H groups in total. The third-order valence-electron chi connectivity index (χ3n) is 6.92. The molecule has 33 heavy (non-hydrogen) atoms. The lowest BCUT2D eigenvalue weighted by Gasteiger charge is -2.32. The molecule has 0 spiro atoms. The van der Waals surface area contributed by atoms with Crippen molar-refractivity contribution in [3.8, 4) is 0 Å². The summed E-state index contributed by atoms with van der Waals surface area (Å²) < 4.78 is 5.17. The molecule has 1 atom stereocenters. The number of nitrogens with one attached hydrogen (secondary N) is 1. The monoisotopic (exact) mass is 446 g/mol. The molecule has 174 valence electrons. The van der Waals surface area contributed by atoms with E-state index in [0.29, 0.717) is 39.0 Å². The second-order valence-electron chi connectivity index (χ2n) is 9.01. The molecule has 1 unspecified atom stereocenters. The number of carbonyl (C=O) groups is 2. The number of rotatable bonds is 7. The second kappa shape index (κ2) is 10.2. The van der Waals surface area contributed by atoms with Crippen LogP contribution in [-0.2, 0) is 20.7 Å². The predicted octanol–water partition coefficient (Wildman–Crippen LogP) is 5.36. The van der Waals surface area contributed by atoms with Gasteiger partial charge in [-0.1, -0.05) is 55.0 Å². The molecule has 3 aromatic rings. The number of aryl methyl sites for hydroxylation is 2. The molecule has 5 heteroatoms. The fraction of sp³-hybridized carbons (Fsp3) is 0.429. The molecular formula is C28H34N2O3. The molecule has 4 rings (SSSR count). The average molecular weight is 447 g/mol. The number of likely N-dealkylation sites (tertiary alicyclic amines) is 1. The van der Waals surface area contributed by atoms with E-state index < -0.39 is 0 Å². The van der Waals surface area contributed by atoms with E-state index in [2.05, 4.69) is 67.5 Å². The topological polar surface area (TPSA) is 62.4 Å². The summed E-state index contributed by atoms with van der Waals surface area (Å²) >= 11 is 0. The van der Waals surface area contributed by atoms with Gasteiger partial charge in [-0.2, -0.15) is 0 Å². The van der Waals surface area contributed by atoms with Crippen LogP contribution in [0.15, 0.2) is 48.7 Å². The van der Waals surface area contributed by atoms with Gasteiger partial charge in [-0.05, 0) is 49.8 Å². The van der Waals surface area contributed by atoms with E-state index in [-0.39, 0.29) is 23.7 Å². The standard InChI is InChI=1S/C28H34N2O3/c1-4-20-7-6-8-23-25(18-29-27(20)23)24(21-11-9-19(3)10-12-21)17-26(31)30-15-13-22(14-16-30)28(32)33-5-2/h6-12,18,22,24,29H,4-5,13-17H2,1-3H3. The lowest BCUT2D eigenvalue weighted by molar-refractivity contribution is -0.151. The number of aromatic amines is 1. The summed E-state index contributed by atoms with van der Waals surface area (Å²) in [5, 5.41) is 1.19. The quantitative estimate of drug-likeness (QED) is 0.497. The smallest absolute Gasteiger partial charge is 0.309 e. The molecule has 2 heterocycles. The number of aromatic nitrogens is 1. The highest BCUT2D eigenvalue weighted by Crippen LogP contribution is 2.35. The van der Waals surface area contributed by atoms with Crippen LogP contribution in [0.4, 0.5) is 0 Å². The Hall–Kier alpha value is -3.08. The lowest BCUT2D eigenvalue weighted by atomic mass is 9.86. The number of esters is 1. The van der Waals surface area contributed by atoms with Gasteiger partial charge in [0.05, 0.1) is 12.5 Å². The minimum atomic E-state index is -0.132. The highest BCUT2D eigenvalue weighted by Gasteiger charge is 2.30. The van der Waals surface area contributed by atoms with Crippen molar-refractivity contribution in [2.24, 2.45) is 5.92 Å². The van der Waals surface area contributed by atoms with Crippen LogP contribution >= 0.6 is 0 Å². The first-order valence-electron chi connectivity index (χ1n) is 12.1. The van der Waals surface area contributed by atoms with Gasteiger partial charge < -0.3 is 14.6 Å². The summed E-state index contributed by atoms with van der Waals surface area (Å²) in [5.41, 5.74) is 5.97. The van der Waals surface area contributed by atoms with Crippen molar-refractivity contribution in [2.75, 3.05) is 19.7 Å². The number of H-pyrrole nitrogens is 1. The van der Waals surface area contributed by atoms with Gasteiger partial charge in [0.25, 0.3) is 0 Å². The van der Waals surface area contributed by atoms with Gasteiger partial charge in [0.2, 0.25) is 5.91 Å². The average Bonchev–Trinajstić information content (AvgIpc) is 3.27. The van der Waals surface area contributed by atoms with E-state index in [4.69, 9.17) is 4.74 Å². The van der Waals surface area contributed by atoms with E-state index >= 15 is 0 Å². The molecule has 0 bridgehead atoms. The Bertz CT molecular complexity index is 1110. The summed E-state index contributed by atoms with van der Waals surface area (Å²) in [7, 11) is 0. The van der Waals surface area contributed by atoms with Crippen LogP contribution < -0.4 is 0 Å². The number of hydrogen-bond acceptors (Lipinski definition) is 3. The van der Waals surface area contributed by atoms with Crippen LogP contribution in [0.1, 0.15) is 61.3 Å². The number of ether oxygens (including phenoxy) is 1. The lowest BCUT2D eigenvalue weighted by Crippen LogP contribution is -2.41. The van der Waals surface area contributed by atoms with Gasteiger partial charge >= 0.3 is 5.97 Å². The largest absolute Gasteiger partial charge is 0.466 e. The summed E-state index contributed by atoms with van der Waals surface area (Å²) in [6.07, 6.45) is 4.80. The molecule has 2 aromatic carbocycles. The Morgan fingerprint density at radius 2 is 1.82 bits per heavy atom. The Balaban J connectivity index is 1.58. The fourth-order valence-electron chi connectivity index (χ4n) is 4.96. The van der Waals surface area contributed by atoms with Crippen molar-refractivity contribution in [1.29, 1.82) is 0 Å². The SMILES string of the molecule is CCOC(=O)C1CCN(C(=O)CC(c2ccc(C)cc2)c2c[nH]c3c(CC)cccc23)CC1. The van der Waals surface area contributed by atoms with Crippen molar-refractivity contribution in [1.82, 2.24) is 9.88 Å². The minimum Gasteiger partial charge on any atom is -0.466 e. The first kappa shape index (κ1) is 23.1. The normalized spacial score (nSPS) is 15.5. The molecule has 1 fully saturated rings. The number of nitrogens with zero attached hydrogens (tertiary/aromatic N) is 1. The van der Waals surface area contributed by atoms with E-state index in [1.165, 1.54) is 22.1 Å². The van der Waals surface area contributed by atoms with Crippen LogP contribution in [0.3, 0.4) is 0 Å². The molecule has 0 aliphatic carbocycles. The van der Waals surface area contributed by atoms with Crippen LogP contribution in [0, 0.1) is 12.8 Å². The Labute approximate surface area is 196 Å². The number of fused-ring (bicyclic) bond motifs is 1. The third-order valence-corrected chi connectivity index (χ3v) is 6.92. The van der Waals surface area contributed by atoms with Crippen LogP contribution in [0.5, 0.6) is 0 Å². The van der Waals surface area contributed by atoms with Crippen LogP contribution in [-0.4, -0.2) is 41.5 Å². The summed E-state index contributed by atoms with van der Waals surface area (Å²) in [5.74, 6) is -0.110. The summed E-state index contributed by atoms with van der Waals surface area (Å²) in [4.78, 5) is 30.9. The van der Waals surface area contributed by atoms with Gasteiger partial charge in [-0.15, -0.1) is 0 Å². The molecule has 0 radical (unpaired) electrons. The van der Waals surface area contributed by atoms with Gasteiger partial charge in [-0.25, -0.2) is 0 Å². The van der Waals surface area contributed by atoms with Gasteiger partial charge in [-0.3, -0.25) is 9.59 Å². The van der Waals surface area contributed by atoms with Crippen molar-refractivity contribution in [3.05, 3.63) is 70.9 Å². The Morgan fingerprint density at radius 3 is 2.48 bits per heavy atom. The van der Waals surface area contributed by atoms with Crippen molar-refractivity contribution < 1.29 is 14.3 Å². The second-order valence-corrected chi connectivity index (χ2v) is 9.01. The Morgan fingerprint density at radius 1 is 1.09 bits per heavy atom. The van der Waals surface area contributed by atoms with E-state index in [1.807, 2.05) is 11.8 Å². The van der Waals surface area contributed by atoms with Gasteiger partial charge in [0.15, 0.2) is 0 Å². The Kier molecular flexibility index (Phi) is 7.17. The maximum Gasteiger partial charge on any atom is 0.309 e. The first-order chi connectivity index (χ1) is 16.0. The molecule has 1 amide bonds. The van der Waals surface area contributed by atoms with Crippen LogP contribution in [0.2, 0.25) is 0 Å². The number of hydrogen-bond donors (Lipinski definition) is 1. The van der Waals surface area contributed by atoms with Crippen molar-refractivity contribution in [2.45, 2.75) is 52.4 Å². The molecule has 1 aliphatic heterocycles. The third kappa shape index (κ3) is 4.97. The van der Waals surface area contributed by atoms with Gasteiger partial charge in [0.1, 0.15) is 0 Å². The summed E-state index contributed by atoms with van der Waals surface area (Å²) in [6.45, 7) is 7.69. The number of carbonyl (C=O) groups excluding carboxylic acids is 2. The highest BCUT2D eigenvalue weighted by atomic mass is 16.5. The van der Waals surface area contributed by atoms with E-state index in [0.717, 1.165) is 17.5 Å². The van der Waals surface area contributed by atoms with E-state index in [1.54, 1.807) is 0 Å². The molecule has 0 saturated carbocycles. The minimum absolute atomic E-state index is 0.0262. The maximum atomic E-state index is 13.4. The molecule has 1 saturated heterocycles. The number of benzene rings is 2. The zero-order chi connectivity index (χ0) is 23.4. The maximum absolute atomic E-state index is 13.4. The molecule has 1 aromatic heterocycles. The molecule has 5 nitrogen and oxygen atoms in total. The predicted molar refractivity (Wildman–Crippen MR) is 131 cm³/mol.